The number of aromatic nitrogens is 2. The van der Waals surface area contributed by atoms with Crippen molar-refractivity contribution in [2.24, 2.45) is 0 Å². The molecule has 2 aromatic rings. The summed E-state index contributed by atoms with van der Waals surface area (Å²) in [5.41, 5.74) is 2.63. The zero-order valence-electron chi connectivity index (χ0n) is 14.7. The number of esters is 1. The first-order valence-electron chi connectivity index (χ1n) is 7.95. The summed E-state index contributed by atoms with van der Waals surface area (Å²) in [6, 6.07) is 5.70. The second-order valence-corrected chi connectivity index (χ2v) is 5.25. The van der Waals surface area contributed by atoms with Crippen LogP contribution < -0.4 is 9.47 Å². The minimum atomic E-state index is -0.208. The van der Waals surface area contributed by atoms with Gasteiger partial charge in [-0.3, -0.25) is 14.8 Å². The van der Waals surface area contributed by atoms with Crippen LogP contribution in [0.2, 0.25) is 0 Å². The number of hydrogen-bond donors (Lipinski definition) is 0. The third-order valence-corrected chi connectivity index (χ3v) is 3.69. The Balaban J connectivity index is 2.30. The summed E-state index contributed by atoms with van der Waals surface area (Å²) in [6.07, 6.45) is 8.84. The number of nitrogens with zero attached hydrogens (tertiary/aromatic N) is 2. The molecule has 0 radical (unpaired) electrons. The number of methoxy groups -OCH3 is 3. The molecule has 6 nitrogen and oxygen atoms in total. The van der Waals surface area contributed by atoms with Crippen molar-refractivity contribution >= 4 is 11.5 Å². The highest BCUT2D eigenvalue weighted by Crippen LogP contribution is 2.32. The monoisotopic (exact) mass is 342 g/mol. The van der Waals surface area contributed by atoms with E-state index < -0.39 is 0 Å². The molecule has 0 unspecified atom stereocenters. The number of rotatable bonds is 8. The fourth-order valence-electron chi connectivity index (χ4n) is 2.41. The zero-order chi connectivity index (χ0) is 18.1. The highest BCUT2D eigenvalue weighted by atomic mass is 16.5. The molecule has 2 rings (SSSR count). The van der Waals surface area contributed by atoms with E-state index in [1.807, 2.05) is 24.3 Å². The second kappa shape index (κ2) is 9.42. The van der Waals surface area contributed by atoms with Gasteiger partial charge in [-0.15, -0.1) is 0 Å². The Morgan fingerprint density at radius 3 is 2.56 bits per heavy atom. The molecule has 0 aliphatic carbocycles. The Kier molecular flexibility index (Phi) is 6.95. The summed E-state index contributed by atoms with van der Waals surface area (Å²) < 4.78 is 15.3. The van der Waals surface area contributed by atoms with E-state index >= 15 is 0 Å². The fraction of sp³-hybridized carbons (Fsp3) is 0.316. The molecule has 1 heterocycles. The van der Waals surface area contributed by atoms with Gasteiger partial charge >= 0.3 is 5.97 Å². The van der Waals surface area contributed by atoms with Crippen molar-refractivity contribution in [3.63, 3.8) is 0 Å². The van der Waals surface area contributed by atoms with Crippen LogP contribution in [0.4, 0.5) is 0 Å². The van der Waals surface area contributed by atoms with Crippen LogP contribution >= 0.6 is 0 Å². The van der Waals surface area contributed by atoms with Gasteiger partial charge in [0.25, 0.3) is 0 Å². The highest BCUT2D eigenvalue weighted by Gasteiger charge is 2.11. The van der Waals surface area contributed by atoms with E-state index in [4.69, 9.17) is 9.47 Å². The van der Waals surface area contributed by atoms with Gasteiger partial charge in [0.05, 0.1) is 33.2 Å². The van der Waals surface area contributed by atoms with E-state index in [0.717, 1.165) is 23.3 Å². The van der Waals surface area contributed by atoms with Crippen LogP contribution in [0, 0.1) is 0 Å². The Bertz CT molecular complexity index is 729. The van der Waals surface area contributed by atoms with E-state index in [0.29, 0.717) is 24.3 Å². The summed E-state index contributed by atoms with van der Waals surface area (Å²) in [6.45, 7) is 0. The molecule has 0 atom stereocenters. The SMILES string of the molecule is COC(=O)CCCC=C(c1ccc(OC)c(OC)c1)c1cnccn1. The van der Waals surface area contributed by atoms with E-state index in [-0.39, 0.29) is 5.97 Å². The van der Waals surface area contributed by atoms with Crippen LogP contribution in [0.15, 0.2) is 42.9 Å². The maximum absolute atomic E-state index is 11.3. The average Bonchev–Trinajstić information content (AvgIpc) is 2.67. The van der Waals surface area contributed by atoms with Crippen molar-refractivity contribution in [2.75, 3.05) is 21.3 Å². The number of hydrogen-bond acceptors (Lipinski definition) is 6. The van der Waals surface area contributed by atoms with Gasteiger partial charge in [-0.1, -0.05) is 12.1 Å². The summed E-state index contributed by atoms with van der Waals surface area (Å²) >= 11 is 0. The molecule has 0 bridgehead atoms. The van der Waals surface area contributed by atoms with E-state index in [1.54, 1.807) is 32.8 Å². The van der Waals surface area contributed by atoms with Crippen molar-refractivity contribution in [1.29, 1.82) is 0 Å². The lowest BCUT2D eigenvalue weighted by molar-refractivity contribution is -0.140. The highest BCUT2D eigenvalue weighted by molar-refractivity contribution is 5.78. The number of unbranched alkanes of at least 4 members (excludes halogenated alkanes) is 1. The lowest BCUT2D eigenvalue weighted by atomic mass is 10.00. The second-order valence-electron chi connectivity index (χ2n) is 5.25. The van der Waals surface area contributed by atoms with Gasteiger partial charge in [-0.25, -0.2) is 0 Å². The van der Waals surface area contributed by atoms with Crippen LogP contribution in [-0.4, -0.2) is 37.3 Å². The smallest absolute Gasteiger partial charge is 0.305 e. The van der Waals surface area contributed by atoms with Gasteiger partial charge in [0, 0.05) is 24.4 Å². The van der Waals surface area contributed by atoms with Crippen molar-refractivity contribution < 1.29 is 19.0 Å². The third-order valence-electron chi connectivity index (χ3n) is 3.69. The first kappa shape index (κ1) is 18.4. The molecule has 0 spiro atoms. The predicted octanol–water partition coefficient (Wildman–Crippen LogP) is 3.27. The molecule has 25 heavy (non-hydrogen) atoms. The van der Waals surface area contributed by atoms with Crippen LogP contribution in [-0.2, 0) is 9.53 Å². The molecule has 0 saturated carbocycles. The van der Waals surface area contributed by atoms with Crippen LogP contribution in [0.1, 0.15) is 30.5 Å². The summed E-state index contributed by atoms with van der Waals surface area (Å²) in [5, 5.41) is 0. The van der Waals surface area contributed by atoms with Crippen LogP contribution in [0.5, 0.6) is 11.5 Å². The minimum absolute atomic E-state index is 0.208. The van der Waals surface area contributed by atoms with E-state index in [2.05, 4.69) is 14.7 Å². The van der Waals surface area contributed by atoms with Gasteiger partial charge in [0.1, 0.15) is 0 Å². The molecule has 0 aliphatic heterocycles. The fourth-order valence-corrected chi connectivity index (χ4v) is 2.41. The molecule has 0 saturated heterocycles. The Hall–Kier alpha value is -2.89. The van der Waals surface area contributed by atoms with E-state index in [9.17, 15) is 4.79 Å². The van der Waals surface area contributed by atoms with Gasteiger partial charge in [-0.05, 0) is 30.5 Å². The summed E-state index contributed by atoms with van der Waals surface area (Å²) in [4.78, 5) is 19.8. The van der Waals surface area contributed by atoms with Crippen LogP contribution in [0.25, 0.3) is 5.57 Å². The topological polar surface area (TPSA) is 70.5 Å². The molecule has 0 N–H and O–H groups in total. The maximum atomic E-state index is 11.3. The molecule has 0 fully saturated rings. The van der Waals surface area contributed by atoms with Crippen molar-refractivity contribution in [2.45, 2.75) is 19.3 Å². The molecule has 0 aliphatic rings. The summed E-state index contributed by atoms with van der Waals surface area (Å²) in [5.74, 6) is 1.10. The normalized spacial score (nSPS) is 11.1. The zero-order valence-corrected chi connectivity index (χ0v) is 14.7. The number of benzene rings is 1. The quantitative estimate of drug-likeness (QED) is 0.542. The number of carbonyl (C=O) groups is 1. The molecule has 132 valence electrons. The predicted molar refractivity (Wildman–Crippen MR) is 94.5 cm³/mol. The van der Waals surface area contributed by atoms with E-state index in [1.165, 1.54) is 7.11 Å². The Morgan fingerprint density at radius 1 is 1.12 bits per heavy atom. The molecule has 1 aromatic heterocycles. The summed E-state index contributed by atoms with van der Waals surface area (Å²) in [7, 11) is 4.60. The lowest BCUT2D eigenvalue weighted by Crippen LogP contribution is -1.99. The molecule has 6 heteroatoms. The Labute approximate surface area is 147 Å². The average molecular weight is 342 g/mol. The minimum Gasteiger partial charge on any atom is -0.493 e. The van der Waals surface area contributed by atoms with Crippen molar-refractivity contribution in [3.05, 3.63) is 54.1 Å². The van der Waals surface area contributed by atoms with Gasteiger partial charge in [-0.2, -0.15) is 0 Å². The number of allylic oxidation sites excluding steroid dienone is 1. The van der Waals surface area contributed by atoms with Gasteiger partial charge < -0.3 is 14.2 Å². The third kappa shape index (κ3) is 5.04. The largest absolute Gasteiger partial charge is 0.493 e. The molecule has 0 amide bonds. The number of carbonyl (C=O) groups excluding carboxylic acids is 1. The molecular formula is C19H22N2O4. The Morgan fingerprint density at radius 2 is 1.92 bits per heavy atom. The van der Waals surface area contributed by atoms with Crippen LogP contribution in [0.3, 0.4) is 0 Å². The van der Waals surface area contributed by atoms with Crippen molar-refractivity contribution in [1.82, 2.24) is 9.97 Å². The molecule has 1 aromatic carbocycles. The maximum Gasteiger partial charge on any atom is 0.305 e. The first-order valence-corrected chi connectivity index (χ1v) is 7.95. The first-order chi connectivity index (χ1) is 12.2. The molecular weight excluding hydrogens is 320 g/mol. The van der Waals surface area contributed by atoms with Gasteiger partial charge in [0.2, 0.25) is 0 Å². The number of ether oxygens (including phenoxy) is 3. The van der Waals surface area contributed by atoms with Crippen molar-refractivity contribution in [3.8, 4) is 11.5 Å². The standard InChI is InChI=1S/C19H22N2O4/c1-23-17-9-8-14(12-18(17)24-2)15(16-13-20-10-11-21-16)6-4-5-7-19(22)25-3/h6,8-13H,4-5,7H2,1-3H3. The van der Waals surface area contributed by atoms with Gasteiger partial charge in [0.15, 0.2) is 11.5 Å². The lowest BCUT2D eigenvalue weighted by Gasteiger charge is -2.12.